The van der Waals surface area contributed by atoms with E-state index in [-0.39, 0.29) is 11.8 Å². The number of hydrogen-bond acceptors (Lipinski definition) is 2. The van der Waals surface area contributed by atoms with Crippen molar-refractivity contribution in [2.45, 2.75) is 19.3 Å². The summed E-state index contributed by atoms with van der Waals surface area (Å²) in [6.07, 6.45) is 3.94. The molecule has 0 aliphatic carbocycles. The van der Waals surface area contributed by atoms with Crippen molar-refractivity contribution in [3.63, 3.8) is 0 Å². The minimum Gasteiger partial charge on any atom is -0.341 e. The van der Waals surface area contributed by atoms with Gasteiger partial charge < -0.3 is 9.80 Å². The minimum atomic E-state index is -0.0926. The van der Waals surface area contributed by atoms with Gasteiger partial charge in [0, 0.05) is 31.4 Å². The quantitative estimate of drug-likeness (QED) is 0.777. The Bertz CT molecular complexity index is 814. The Hall–Kier alpha value is -2.88. The summed E-state index contributed by atoms with van der Waals surface area (Å²) in [5.74, 6) is -0.0825. The molecule has 0 fully saturated rings. The van der Waals surface area contributed by atoms with Gasteiger partial charge in [-0.3, -0.25) is 9.59 Å². The number of likely N-dealkylation sites (N-methyl/N-ethyl adjacent to an activating group) is 1. The third kappa shape index (κ3) is 3.85. The molecule has 1 heterocycles. The topological polar surface area (TPSA) is 40.6 Å². The molecule has 0 spiro atoms. The monoisotopic (exact) mass is 348 g/mol. The highest BCUT2D eigenvalue weighted by Crippen LogP contribution is 2.28. The van der Waals surface area contributed by atoms with Crippen LogP contribution in [0.4, 0.5) is 5.69 Å². The van der Waals surface area contributed by atoms with Gasteiger partial charge in [0.25, 0.3) is 5.91 Å². The van der Waals surface area contributed by atoms with Gasteiger partial charge in [-0.1, -0.05) is 36.9 Å². The smallest absolute Gasteiger partial charge is 0.253 e. The lowest BCUT2D eigenvalue weighted by molar-refractivity contribution is -0.114. The third-order valence-corrected chi connectivity index (χ3v) is 4.81. The van der Waals surface area contributed by atoms with Crippen LogP contribution in [0.3, 0.4) is 0 Å². The van der Waals surface area contributed by atoms with Crippen molar-refractivity contribution >= 4 is 17.5 Å². The van der Waals surface area contributed by atoms with Gasteiger partial charge >= 0.3 is 0 Å². The molecule has 4 nitrogen and oxygen atoms in total. The Balaban J connectivity index is 1.72. The van der Waals surface area contributed by atoms with Gasteiger partial charge in [0.1, 0.15) is 0 Å². The van der Waals surface area contributed by atoms with Gasteiger partial charge in [0.15, 0.2) is 0 Å². The molecular formula is C22H24N2O2. The van der Waals surface area contributed by atoms with Crippen LogP contribution >= 0.6 is 0 Å². The molecule has 1 aliphatic rings. The number of benzene rings is 2. The lowest BCUT2D eigenvalue weighted by atomic mass is 9.98. The number of aryl methyl sites for hydroxylation is 1. The van der Waals surface area contributed by atoms with Crippen LogP contribution in [0.5, 0.6) is 0 Å². The number of carbonyl (C=O) groups is 2. The average molecular weight is 348 g/mol. The number of carbonyl (C=O) groups excluding carboxylic acids is 2. The SMILES string of the molecule is C=CC(=O)N1CCCc2cc(C(=O)N(C)CCc3ccccc3)ccc21. The third-order valence-electron chi connectivity index (χ3n) is 4.81. The Morgan fingerprint density at radius 2 is 1.96 bits per heavy atom. The first kappa shape index (κ1) is 17.9. The molecule has 0 aromatic heterocycles. The largest absolute Gasteiger partial charge is 0.341 e. The zero-order chi connectivity index (χ0) is 18.5. The van der Waals surface area contributed by atoms with E-state index in [1.807, 2.05) is 43.4 Å². The predicted molar refractivity (Wildman–Crippen MR) is 104 cm³/mol. The second-order valence-electron chi connectivity index (χ2n) is 6.60. The maximum Gasteiger partial charge on any atom is 0.253 e. The molecule has 2 aromatic rings. The summed E-state index contributed by atoms with van der Waals surface area (Å²) in [6, 6.07) is 15.8. The predicted octanol–water partition coefficient (Wildman–Crippen LogP) is 3.47. The van der Waals surface area contributed by atoms with Crippen LogP contribution in [-0.4, -0.2) is 36.9 Å². The molecule has 0 atom stereocenters. The Morgan fingerprint density at radius 1 is 1.19 bits per heavy atom. The summed E-state index contributed by atoms with van der Waals surface area (Å²) in [7, 11) is 1.83. The number of anilines is 1. The molecule has 0 bridgehead atoms. The zero-order valence-corrected chi connectivity index (χ0v) is 15.1. The fourth-order valence-corrected chi connectivity index (χ4v) is 3.33. The van der Waals surface area contributed by atoms with Gasteiger partial charge in [0.05, 0.1) is 0 Å². The van der Waals surface area contributed by atoms with Crippen molar-refractivity contribution in [1.82, 2.24) is 4.90 Å². The number of amides is 2. The van der Waals surface area contributed by atoms with Gasteiger partial charge in [-0.15, -0.1) is 0 Å². The molecule has 0 unspecified atom stereocenters. The van der Waals surface area contributed by atoms with E-state index in [0.717, 1.165) is 30.5 Å². The molecule has 134 valence electrons. The highest BCUT2D eigenvalue weighted by molar-refractivity contribution is 6.02. The second-order valence-corrected chi connectivity index (χ2v) is 6.60. The molecule has 4 heteroatoms. The number of hydrogen-bond donors (Lipinski definition) is 0. The molecule has 1 aliphatic heterocycles. The maximum atomic E-state index is 12.8. The molecule has 0 radical (unpaired) electrons. The molecule has 2 aromatic carbocycles. The van der Waals surface area contributed by atoms with Crippen molar-refractivity contribution in [3.05, 3.63) is 77.9 Å². The van der Waals surface area contributed by atoms with E-state index < -0.39 is 0 Å². The molecule has 26 heavy (non-hydrogen) atoms. The van der Waals surface area contributed by atoms with E-state index in [1.165, 1.54) is 11.6 Å². The van der Waals surface area contributed by atoms with Gasteiger partial charge in [-0.25, -0.2) is 0 Å². The first-order chi connectivity index (χ1) is 12.6. The van der Waals surface area contributed by atoms with Crippen molar-refractivity contribution < 1.29 is 9.59 Å². The summed E-state index contributed by atoms with van der Waals surface area (Å²) in [5, 5.41) is 0. The number of rotatable bonds is 5. The molecular weight excluding hydrogens is 324 g/mol. The number of fused-ring (bicyclic) bond motifs is 1. The van der Waals surface area contributed by atoms with E-state index in [4.69, 9.17) is 0 Å². The van der Waals surface area contributed by atoms with Crippen LogP contribution in [0.15, 0.2) is 61.2 Å². The van der Waals surface area contributed by atoms with Crippen molar-refractivity contribution in [1.29, 1.82) is 0 Å². The van der Waals surface area contributed by atoms with E-state index in [1.54, 1.807) is 9.80 Å². The van der Waals surface area contributed by atoms with Crippen LogP contribution in [0.2, 0.25) is 0 Å². The Labute approximate surface area is 154 Å². The van der Waals surface area contributed by atoms with Crippen LogP contribution in [0.25, 0.3) is 0 Å². The van der Waals surface area contributed by atoms with E-state index in [2.05, 4.69) is 18.7 Å². The van der Waals surface area contributed by atoms with E-state index in [9.17, 15) is 9.59 Å². The standard InChI is InChI=1S/C22H24N2O2/c1-3-21(25)24-14-7-10-18-16-19(11-12-20(18)24)22(26)23(2)15-13-17-8-5-4-6-9-17/h3-6,8-9,11-12,16H,1,7,10,13-15H2,2H3. The summed E-state index contributed by atoms with van der Waals surface area (Å²) in [5.41, 5.74) is 3.83. The zero-order valence-electron chi connectivity index (χ0n) is 15.1. The van der Waals surface area contributed by atoms with Gasteiger partial charge in [0.2, 0.25) is 5.91 Å². The van der Waals surface area contributed by atoms with Crippen molar-refractivity contribution in [2.75, 3.05) is 25.0 Å². The Kier molecular flexibility index (Phi) is 5.52. The van der Waals surface area contributed by atoms with Crippen molar-refractivity contribution in [3.8, 4) is 0 Å². The highest BCUT2D eigenvalue weighted by Gasteiger charge is 2.22. The summed E-state index contributed by atoms with van der Waals surface area (Å²) in [4.78, 5) is 28.3. The maximum absolute atomic E-state index is 12.8. The van der Waals surface area contributed by atoms with E-state index in [0.29, 0.717) is 18.7 Å². The molecule has 0 N–H and O–H groups in total. The van der Waals surface area contributed by atoms with Crippen LogP contribution in [0.1, 0.15) is 27.9 Å². The fraction of sp³-hybridized carbons (Fsp3) is 0.273. The number of nitrogens with zero attached hydrogens (tertiary/aromatic N) is 2. The normalized spacial score (nSPS) is 13.0. The Morgan fingerprint density at radius 3 is 2.69 bits per heavy atom. The first-order valence-electron chi connectivity index (χ1n) is 8.96. The van der Waals surface area contributed by atoms with Crippen LogP contribution in [-0.2, 0) is 17.6 Å². The van der Waals surface area contributed by atoms with Crippen molar-refractivity contribution in [2.24, 2.45) is 0 Å². The lowest BCUT2D eigenvalue weighted by Gasteiger charge is -2.29. The second kappa shape index (κ2) is 8.00. The van der Waals surface area contributed by atoms with E-state index >= 15 is 0 Å². The molecule has 0 saturated carbocycles. The van der Waals surface area contributed by atoms with Gasteiger partial charge in [-0.2, -0.15) is 0 Å². The summed E-state index contributed by atoms with van der Waals surface area (Å²) < 4.78 is 0. The molecule has 2 amide bonds. The minimum absolute atomic E-state index is 0.0101. The fourth-order valence-electron chi connectivity index (χ4n) is 3.33. The lowest BCUT2D eigenvalue weighted by Crippen LogP contribution is -2.34. The highest BCUT2D eigenvalue weighted by atomic mass is 16.2. The summed E-state index contributed by atoms with van der Waals surface area (Å²) in [6.45, 7) is 4.94. The van der Waals surface area contributed by atoms with Gasteiger partial charge in [-0.05, 0) is 54.7 Å². The molecule has 3 rings (SSSR count). The summed E-state index contributed by atoms with van der Waals surface area (Å²) >= 11 is 0. The average Bonchev–Trinajstić information content (AvgIpc) is 2.70. The van der Waals surface area contributed by atoms with Crippen LogP contribution < -0.4 is 4.90 Å². The molecule has 0 saturated heterocycles. The first-order valence-corrected chi connectivity index (χ1v) is 8.96. The van der Waals surface area contributed by atoms with Crippen LogP contribution in [0, 0.1) is 0 Å².